The highest BCUT2D eigenvalue weighted by atomic mass is 15.1. The summed E-state index contributed by atoms with van der Waals surface area (Å²) >= 11 is 0. The second-order valence-corrected chi connectivity index (χ2v) is 4.52. The Bertz CT molecular complexity index is 482. The molecule has 2 rings (SSSR count). The molecule has 0 bridgehead atoms. The van der Waals surface area contributed by atoms with Gasteiger partial charge in [-0.3, -0.25) is 9.88 Å². The zero-order valence-electron chi connectivity index (χ0n) is 10.7. The number of hydrogen-bond acceptors (Lipinski definition) is 3. The van der Waals surface area contributed by atoms with Gasteiger partial charge in [0.05, 0.1) is 5.69 Å². The summed E-state index contributed by atoms with van der Waals surface area (Å²) in [7, 11) is 2.12. The highest BCUT2D eigenvalue weighted by Crippen LogP contribution is 2.08. The summed E-state index contributed by atoms with van der Waals surface area (Å²) in [5, 5.41) is 0. The Hall–Kier alpha value is -1.71. The predicted molar refractivity (Wildman–Crippen MR) is 73.7 cm³/mol. The van der Waals surface area contributed by atoms with Crippen molar-refractivity contribution in [3.05, 3.63) is 65.5 Å². The minimum absolute atomic E-state index is 0.496. The van der Waals surface area contributed by atoms with Gasteiger partial charge in [-0.15, -0.1) is 0 Å². The normalized spacial score (nSPS) is 10.8. The van der Waals surface area contributed by atoms with Crippen LogP contribution in [0.25, 0.3) is 0 Å². The molecule has 1 heterocycles. The fourth-order valence-corrected chi connectivity index (χ4v) is 2.00. The molecule has 0 fully saturated rings. The third kappa shape index (κ3) is 3.65. The van der Waals surface area contributed by atoms with Gasteiger partial charge in [0, 0.05) is 25.8 Å². The third-order valence-electron chi connectivity index (χ3n) is 2.84. The molecule has 1 aromatic heterocycles. The Morgan fingerprint density at radius 2 is 1.78 bits per heavy atom. The van der Waals surface area contributed by atoms with Crippen LogP contribution in [0.3, 0.4) is 0 Å². The van der Waals surface area contributed by atoms with Crippen molar-refractivity contribution in [1.82, 2.24) is 9.88 Å². The molecule has 3 heteroatoms. The highest BCUT2D eigenvalue weighted by molar-refractivity contribution is 5.17. The molecule has 94 valence electrons. The van der Waals surface area contributed by atoms with Crippen molar-refractivity contribution in [2.24, 2.45) is 5.73 Å². The van der Waals surface area contributed by atoms with E-state index in [1.54, 1.807) is 0 Å². The van der Waals surface area contributed by atoms with Crippen LogP contribution in [0, 0.1) is 0 Å². The number of pyridine rings is 1. The molecule has 1 aromatic carbocycles. The van der Waals surface area contributed by atoms with Crippen LogP contribution in [-0.2, 0) is 19.6 Å². The zero-order chi connectivity index (χ0) is 12.8. The first-order chi connectivity index (χ1) is 8.78. The molecule has 0 saturated heterocycles. The van der Waals surface area contributed by atoms with Crippen LogP contribution in [0.4, 0.5) is 0 Å². The smallest absolute Gasteiger partial charge is 0.0542 e. The van der Waals surface area contributed by atoms with Crippen molar-refractivity contribution in [3.63, 3.8) is 0 Å². The minimum atomic E-state index is 0.496. The standard InChI is InChI=1S/C15H19N3/c1-18(11-13-5-3-2-4-6-13)12-14-7-8-17-15(9-14)10-16/h2-9H,10-12,16H2,1H3. The van der Waals surface area contributed by atoms with Crippen LogP contribution in [0.5, 0.6) is 0 Å². The molecule has 0 amide bonds. The number of nitrogens with two attached hydrogens (primary N) is 1. The molecule has 3 nitrogen and oxygen atoms in total. The maximum Gasteiger partial charge on any atom is 0.0542 e. The lowest BCUT2D eigenvalue weighted by atomic mass is 10.2. The van der Waals surface area contributed by atoms with E-state index in [1.165, 1.54) is 11.1 Å². The SMILES string of the molecule is CN(Cc1ccccc1)Cc1ccnc(CN)c1. The Morgan fingerprint density at radius 1 is 1.06 bits per heavy atom. The molecule has 0 aliphatic carbocycles. The van der Waals surface area contributed by atoms with E-state index >= 15 is 0 Å². The molecule has 2 aromatic rings. The van der Waals surface area contributed by atoms with E-state index in [0.717, 1.165) is 18.8 Å². The Labute approximate surface area is 108 Å². The molecule has 0 spiro atoms. The van der Waals surface area contributed by atoms with Gasteiger partial charge in [-0.25, -0.2) is 0 Å². The van der Waals surface area contributed by atoms with Crippen molar-refractivity contribution in [1.29, 1.82) is 0 Å². The highest BCUT2D eigenvalue weighted by Gasteiger charge is 2.02. The molecule has 0 saturated carbocycles. The molecule has 2 N–H and O–H groups in total. The monoisotopic (exact) mass is 241 g/mol. The lowest BCUT2D eigenvalue weighted by Gasteiger charge is -2.17. The van der Waals surface area contributed by atoms with Crippen molar-refractivity contribution in [2.75, 3.05) is 7.05 Å². The summed E-state index contributed by atoms with van der Waals surface area (Å²) in [6, 6.07) is 14.6. The van der Waals surface area contributed by atoms with Gasteiger partial charge in [0.15, 0.2) is 0 Å². The Morgan fingerprint density at radius 3 is 2.50 bits per heavy atom. The van der Waals surface area contributed by atoms with Gasteiger partial charge in [0.25, 0.3) is 0 Å². The van der Waals surface area contributed by atoms with Crippen LogP contribution in [0.1, 0.15) is 16.8 Å². The number of hydrogen-bond donors (Lipinski definition) is 1. The van der Waals surface area contributed by atoms with Crippen LogP contribution in [-0.4, -0.2) is 16.9 Å². The largest absolute Gasteiger partial charge is 0.325 e. The van der Waals surface area contributed by atoms with Gasteiger partial charge >= 0.3 is 0 Å². The lowest BCUT2D eigenvalue weighted by molar-refractivity contribution is 0.319. The molecule has 0 aliphatic heterocycles. The van der Waals surface area contributed by atoms with E-state index in [1.807, 2.05) is 18.3 Å². The second-order valence-electron chi connectivity index (χ2n) is 4.52. The average molecular weight is 241 g/mol. The van der Waals surface area contributed by atoms with E-state index in [2.05, 4.69) is 47.3 Å². The molecule has 18 heavy (non-hydrogen) atoms. The van der Waals surface area contributed by atoms with E-state index in [9.17, 15) is 0 Å². The fourth-order valence-electron chi connectivity index (χ4n) is 2.00. The number of nitrogens with zero attached hydrogens (tertiary/aromatic N) is 2. The van der Waals surface area contributed by atoms with Gasteiger partial charge in [-0.1, -0.05) is 30.3 Å². The van der Waals surface area contributed by atoms with E-state index < -0.39 is 0 Å². The van der Waals surface area contributed by atoms with Crippen molar-refractivity contribution >= 4 is 0 Å². The second kappa shape index (κ2) is 6.28. The molecular weight excluding hydrogens is 222 g/mol. The fraction of sp³-hybridized carbons (Fsp3) is 0.267. The summed E-state index contributed by atoms with van der Waals surface area (Å²) < 4.78 is 0. The maximum atomic E-state index is 5.60. The minimum Gasteiger partial charge on any atom is -0.325 e. The lowest BCUT2D eigenvalue weighted by Crippen LogP contribution is -2.17. The van der Waals surface area contributed by atoms with Gasteiger partial charge in [0.2, 0.25) is 0 Å². The van der Waals surface area contributed by atoms with Gasteiger partial charge in [-0.2, -0.15) is 0 Å². The molecular formula is C15H19N3. The predicted octanol–water partition coefficient (Wildman–Crippen LogP) is 2.17. The molecule has 0 radical (unpaired) electrons. The number of benzene rings is 1. The summed E-state index contributed by atoms with van der Waals surface area (Å²) in [5.74, 6) is 0. The van der Waals surface area contributed by atoms with Crippen LogP contribution >= 0.6 is 0 Å². The van der Waals surface area contributed by atoms with Crippen LogP contribution in [0.15, 0.2) is 48.7 Å². The molecule has 0 aliphatic rings. The first-order valence-electron chi connectivity index (χ1n) is 6.14. The van der Waals surface area contributed by atoms with Crippen molar-refractivity contribution in [2.45, 2.75) is 19.6 Å². The van der Waals surface area contributed by atoms with E-state index in [-0.39, 0.29) is 0 Å². The zero-order valence-corrected chi connectivity index (χ0v) is 10.7. The maximum absolute atomic E-state index is 5.60. The van der Waals surface area contributed by atoms with Gasteiger partial charge in [-0.05, 0) is 30.3 Å². The first-order valence-corrected chi connectivity index (χ1v) is 6.14. The topological polar surface area (TPSA) is 42.2 Å². The van der Waals surface area contributed by atoms with Crippen molar-refractivity contribution in [3.8, 4) is 0 Å². The third-order valence-corrected chi connectivity index (χ3v) is 2.84. The molecule has 0 atom stereocenters. The quantitative estimate of drug-likeness (QED) is 0.872. The van der Waals surface area contributed by atoms with Crippen LogP contribution in [0.2, 0.25) is 0 Å². The summed E-state index contributed by atoms with van der Waals surface area (Å²) in [5.41, 5.74) is 9.12. The summed E-state index contributed by atoms with van der Waals surface area (Å²) in [4.78, 5) is 6.49. The number of aromatic nitrogens is 1. The first kappa shape index (κ1) is 12.7. The van der Waals surface area contributed by atoms with Gasteiger partial charge < -0.3 is 5.73 Å². The molecule has 0 unspecified atom stereocenters. The summed E-state index contributed by atoms with van der Waals surface area (Å²) in [6.07, 6.45) is 1.83. The van der Waals surface area contributed by atoms with Crippen LogP contribution < -0.4 is 5.73 Å². The Balaban J connectivity index is 1.96. The Kier molecular flexibility index (Phi) is 4.45. The average Bonchev–Trinajstić information content (AvgIpc) is 2.40. The number of rotatable bonds is 5. The van der Waals surface area contributed by atoms with Crippen molar-refractivity contribution < 1.29 is 0 Å². The summed E-state index contributed by atoms with van der Waals surface area (Å²) in [6.45, 7) is 2.35. The van der Waals surface area contributed by atoms with E-state index in [4.69, 9.17) is 5.73 Å². The van der Waals surface area contributed by atoms with E-state index in [0.29, 0.717) is 6.54 Å². The van der Waals surface area contributed by atoms with Gasteiger partial charge in [0.1, 0.15) is 0 Å².